The summed E-state index contributed by atoms with van der Waals surface area (Å²) in [7, 11) is 0. The fourth-order valence-corrected chi connectivity index (χ4v) is 11.6. The van der Waals surface area contributed by atoms with Crippen molar-refractivity contribution in [3.8, 4) is 44.5 Å². The van der Waals surface area contributed by atoms with Crippen LogP contribution in [0.2, 0.25) is 0 Å². The normalized spacial score (nSPS) is 11.9. The van der Waals surface area contributed by atoms with E-state index in [0.29, 0.717) is 0 Å². The van der Waals surface area contributed by atoms with Gasteiger partial charge in [-0.15, -0.1) is 11.3 Å². The van der Waals surface area contributed by atoms with E-state index < -0.39 is 0 Å². The van der Waals surface area contributed by atoms with Crippen LogP contribution < -0.4 is 0 Å². The first-order valence-corrected chi connectivity index (χ1v) is 21.9. The van der Waals surface area contributed by atoms with E-state index in [1.807, 2.05) is 11.3 Å². The maximum absolute atomic E-state index is 2.40. The lowest BCUT2D eigenvalue weighted by Crippen LogP contribution is -1.92. The van der Waals surface area contributed by atoms with Gasteiger partial charge < -0.3 is 0 Å². The van der Waals surface area contributed by atoms with Gasteiger partial charge in [0.1, 0.15) is 0 Å². The van der Waals surface area contributed by atoms with Gasteiger partial charge in [-0.25, -0.2) is 0 Å². The maximum Gasteiger partial charge on any atom is 0.0362 e. The Kier molecular flexibility index (Phi) is 7.58. The van der Waals surface area contributed by atoms with E-state index in [2.05, 4.69) is 218 Å². The van der Waals surface area contributed by atoms with Gasteiger partial charge in [-0.3, -0.25) is 0 Å². The standard InChI is InChI=1S/C60H36S/c1-2-17-43-37(14-1)33-35-56-59(43)60-53(26-13-27-55(60)61-56)58-51-24-11-9-22-49(51)57(50-23-10-12-25-52(50)58)39-30-28-38(29-31-39)41-15-3-4-16-42(41)40-32-34-48-46-20-6-5-18-44(46)45-19-7-8-21-47(45)54(48)36-40/h1-36H. The fourth-order valence-electron chi connectivity index (χ4n) is 10.4. The summed E-state index contributed by atoms with van der Waals surface area (Å²) in [6.07, 6.45) is 0. The van der Waals surface area contributed by atoms with E-state index in [-0.39, 0.29) is 0 Å². The van der Waals surface area contributed by atoms with Crippen molar-refractivity contribution in [3.05, 3.63) is 218 Å². The second-order valence-electron chi connectivity index (χ2n) is 16.3. The molecule has 13 aromatic rings. The largest absolute Gasteiger partial charge is 0.135 e. The first kappa shape index (κ1) is 34.3. The molecule has 61 heavy (non-hydrogen) atoms. The van der Waals surface area contributed by atoms with Gasteiger partial charge in [0.25, 0.3) is 0 Å². The summed E-state index contributed by atoms with van der Waals surface area (Å²) in [6.45, 7) is 0. The summed E-state index contributed by atoms with van der Waals surface area (Å²) in [5, 5.41) is 18.1. The lowest BCUT2D eigenvalue weighted by molar-refractivity contribution is 1.59. The molecule has 1 aromatic heterocycles. The second kappa shape index (κ2) is 13.5. The molecule has 0 spiro atoms. The third-order valence-corrected chi connectivity index (χ3v) is 14.2. The molecule has 0 saturated carbocycles. The molecule has 1 heterocycles. The van der Waals surface area contributed by atoms with Crippen molar-refractivity contribution >= 4 is 96.1 Å². The number of thiophene rings is 1. The Morgan fingerprint density at radius 2 is 0.672 bits per heavy atom. The summed E-state index contributed by atoms with van der Waals surface area (Å²) in [5.41, 5.74) is 9.98. The quantitative estimate of drug-likeness (QED) is 0.123. The molecule has 0 radical (unpaired) electrons. The molecule has 0 atom stereocenters. The van der Waals surface area contributed by atoms with E-state index in [9.17, 15) is 0 Å². The van der Waals surface area contributed by atoms with Crippen LogP contribution in [0.1, 0.15) is 0 Å². The topological polar surface area (TPSA) is 0 Å². The molecule has 0 aliphatic carbocycles. The average molecular weight is 789 g/mol. The molecule has 0 fully saturated rings. The Balaban J connectivity index is 0.979. The van der Waals surface area contributed by atoms with Crippen LogP contribution in [0.4, 0.5) is 0 Å². The highest BCUT2D eigenvalue weighted by Gasteiger charge is 2.21. The first-order valence-electron chi connectivity index (χ1n) is 21.1. The predicted octanol–water partition coefficient (Wildman–Crippen LogP) is 17.6. The van der Waals surface area contributed by atoms with Crippen molar-refractivity contribution in [2.24, 2.45) is 0 Å². The molecule has 13 rings (SSSR count). The third kappa shape index (κ3) is 5.18. The van der Waals surface area contributed by atoms with Crippen molar-refractivity contribution in [3.63, 3.8) is 0 Å². The smallest absolute Gasteiger partial charge is 0.0362 e. The van der Waals surface area contributed by atoms with E-state index in [0.717, 1.165) is 0 Å². The monoisotopic (exact) mass is 788 g/mol. The van der Waals surface area contributed by atoms with Gasteiger partial charge in [0.15, 0.2) is 0 Å². The Morgan fingerprint density at radius 1 is 0.230 bits per heavy atom. The lowest BCUT2D eigenvalue weighted by atomic mass is 9.84. The molecule has 0 aliphatic heterocycles. The van der Waals surface area contributed by atoms with Crippen molar-refractivity contribution in [2.45, 2.75) is 0 Å². The van der Waals surface area contributed by atoms with Gasteiger partial charge >= 0.3 is 0 Å². The number of rotatable bonds is 4. The second-order valence-corrected chi connectivity index (χ2v) is 17.3. The van der Waals surface area contributed by atoms with Crippen molar-refractivity contribution in [2.75, 3.05) is 0 Å². The Morgan fingerprint density at radius 3 is 1.31 bits per heavy atom. The predicted molar refractivity (Wildman–Crippen MR) is 266 cm³/mol. The average Bonchev–Trinajstić information content (AvgIpc) is 3.73. The number of hydrogen-bond acceptors (Lipinski definition) is 1. The Hall–Kier alpha value is -7.58. The van der Waals surface area contributed by atoms with Gasteiger partial charge in [0.05, 0.1) is 0 Å². The zero-order valence-electron chi connectivity index (χ0n) is 33.2. The highest BCUT2D eigenvalue weighted by atomic mass is 32.1. The maximum atomic E-state index is 2.40. The van der Waals surface area contributed by atoms with E-state index >= 15 is 0 Å². The molecule has 0 nitrogen and oxygen atoms in total. The number of benzene rings is 12. The molecule has 0 saturated heterocycles. The molecule has 0 aliphatic rings. The first-order chi connectivity index (χ1) is 30.3. The molecule has 0 amide bonds. The molecule has 0 N–H and O–H groups in total. The lowest BCUT2D eigenvalue weighted by Gasteiger charge is -2.19. The number of fused-ring (bicyclic) bond motifs is 13. The van der Waals surface area contributed by atoms with Gasteiger partial charge in [-0.05, 0) is 127 Å². The summed E-state index contributed by atoms with van der Waals surface area (Å²) >= 11 is 1.90. The van der Waals surface area contributed by atoms with Crippen LogP contribution in [0.5, 0.6) is 0 Å². The van der Waals surface area contributed by atoms with E-state index in [4.69, 9.17) is 0 Å². The minimum atomic E-state index is 1.20. The summed E-state index contributed by atoms with van der Waals surface area (Å²) in [6, 6.07) is 81.2. The van der Waals surface area contributed by atoms with E-state index in [1.54, 1.807) is 0 Å². The Bertz CT molecular complexity index is 3830. The minimum absolute atomic E-state index is 1.20. The molecule has 12 aromatic carbocycles. The van der Waals surface area contributed by atoms with Crippen LogP contribution in [0.15, 0.2) is 218 Å². The van der Waals surface area contributed by atoms with Crippen LogP contribution in [0, 0.1) is 0 Å². The summed E-state index contributed by atoms with van der Waals surface area (Å²) < 4.78 is 2.65. The zero-order valence-corrected chi connectivity index (χ0v) is 34.0. The molecule has 0 bridgehead atoms. The van der Waals surface area contributed by atoms with Crippen LogP contribution in [0.25, 0.3) is 129 Å². The van der Waals surface area contributed by atoms with Gasteiger partial charge in [0.2, 0.25) is 0 Å². The molecule has 1 heteroatoms. The van der Waals surface area contributed by atoms with Crippen LogP contribution >= 0.6 is 11.3 Å². The summed E-state index contributed by atoms with van der Waals surface area (Å²) in [4.78, 5) is 0. The third-order valence-electron chi connectivity index (χ3n) is 13.1. The van der Waals surface area contributed by atoms with Crippen molar-refractivity contribution in [1.29, 1.82) is 0 Å². The molecular weight excluding hydrogens is 753 g/mol. The Labute approximate surface area is 357 Å². The van der Waals surface area contributed by atoms with E-state index in [1.165, 1.54) is 129 Å². The van der Waals surface area contributed by atoms with Crippen LogP contribution in [0.3, 0.4) is 0 Å². The van der Waals surface area contributed by atoms with Crippen molar-refractivity contribution in [1.82, 2.24) is 0 Å². The highest BCUT2D eigenvalue weighted by Crippen LogP contribution is 2.49. The SMILES string of the molecule is c1ccc(-c2ccc3c4ccccc4c4ccccc4c3c2)c(-c2ccc(-c3c4ccccc4c(-c4cccc5sc6ccc7ccccc7c6c45)c4ccccc34)cc2)c1. The highest BCUT2D eigenvalue weighted by molar-refractivity contribution is 7.26. The van der Waals surface area contributed by atoms with Crippen LogP contribution in [-0.4, -0.2) is 0 Å². The molecular formula is C60H36S. The van der Waals surface area contributed by atoms with Crippen LogP contribution in [-0.2, 0) is 0 Å². The molecule has 282 valence electrons. The number of hydrogen-bond donors (Lipinski definition) is 0. The van der Waals surface area contributed by atoms with Gasteiger partial charge in [-0.2, -0.15) is 0 Å². The molecule has 0 unspecified atom stereocenters. The fraction of sp³-hybridized carbons (Fsp3) is 0. The minimum Gasteiger partial charge on any atom is -0.135 e. The van der Waals surface area contributed by atoms with Crippen molar-refractivity contribution < 1.29 is 0 Å². The zero-order chi connectivity index (χ0) is 40.0. The van der Waals surface area contributed by atoms with Gasteiger partial charge in [-0.1, -0.05) is 200 Å². The summed E-state index contributed by atoms with van der Waals surface area (Å²) in [5.74, 6) is 0. The van der Waals surface area contributed by atoms with Gasteiger partial charge in [0, 0.05) is 20.2 Å².